The van der Waals surface area contributed by atoms with Gasteiger partial charge in [-0.25, -0.2) is 8.42 Å². The first kappa shape index (κ1) is 17.9. The third-order valence-corrected chi connectivity index (χ3v) is 5.48. The van der Waals surface area contributed by atoms with Crippen LogP contribution in [0.1, 0.15) is 58.3 Å². The van der Waals surface area contributed by atoms with E-state index in [1.807, 2.05) is 7.11 Å². The summed E-state index contributed by atoms with van der Waals surface area (Å²) in [5.41, 5.74) is -0.107. The number of nitrogens with one attached hydrogen (secondary N) is 1. The molecule has 1 fully saturated rings. The third kappa shape index (κ3) is 5.70. The summed E-state index contributed by atoms with van der Waals surface area (Å²) < 4.78 is 28.5. The van der Waals surface area contributed by atoms with Crippen LogP contribution in [-0.2, 0) is 14.6 Å². The van der Waals surface area contributed by atoms with Crippen molar-refractivity contribution < 1.29 is 13.2 Å². The molecule has 1 aliphatic carbocycles. The molecule has 0 spiro atoms. The summed E-state index contributed by atoms with van der Waals surface area (Å²) in [4.78, 5) is 0. The van der Waals surface area contributed by atoms with Gasteiger partial charge >= 0.3 is 0 Å². The fourth-order valence-electron chi connectivity index (χ4n) is 3.37. The van der Waals surface area contributed by atoms with Crippen molar-refractivity contribution in [2.24, 2.45) is 0 Å². The molecule has 1 atom stereocenters. The molecule has 120 valence electrons. The fraction of sp³-hybridized carbons (Fsp3) is 1.00. The Morgan fingerprint density at radius 1 is 1.20 bits per heavy atom. The molecule has 0 aromatic carbocycles. The lowest BCUT2D eigenvalue weighted by atomic mass is 9.83. The molecule has 1 N–H and O–H groups in total. The lowest BCUT2D eigenvalue weighted by Crippen LogP contribution is -2.52. The molecular weight excluding hydrogens is 274 g/mol. The molecule has 1 aliphatic rings. The van der Waals surface area contributed by atoms with E-state index >= 15 is 0 Å². The quantitative estimate of drug-likeness (QED) is 0.700. The molecule has 0 radical (unpaired) electrons. The average molecular weight is 305 g/mol. The van der Waals surface area contributed by atoms with E-state index in [9.17, 15) is 8.42 Å². The predicted octanol–water partition coefficient (Wildman–Crippen LogP) is 2.53. The SMILES string of the molecule is CCNC(CCCS(C)(=O)=O)C1(OC)CCCCCC1. The van der Waals surface area contributed by atoms with E-state index in [0.29, 0.717) is 6.42 Å². The van der Waals surface area contributed by atoms with Crippen LogP contribution in [0, 0.1) is 0 Å². The van der Waals surface area contributed by atoms with Crippen LogP contribution in [0.2, 0.25) is 0 Å². The first-order valence-corrected chi connectivity index (χ1v) is 9.96. The van der Waals surface area contributed by atoms with Gasteiger partial charge in [-0.3, -0.25) is 0 Å². The predicted molar refractivity (Wildman–Crippen MR) is 83.9 cm³/mol. The Balaban J connectivity index is 2.69. The Bertz CT molecular complexity index is 359. The van der Waals surface area contributed by atoms with Crippen molar-refractivity contribution in [1.29, 1.82) is 0 Å². The van der Waals surface area contributed by atoms with Crippen LogP contribution < -0.4 is 5.32 Å². The van der Waals surface area contributed by atoms with E-state index in [1.165, 1.54) is 31.9 Å². The molecule has 0 aromatic rings. The third-order valence-electron chi connectivity index (χ3n) is 4.45. The van der Waals surface area contributed by atoms with Crippen molar-refractivity contribution in [1.82, 2.24) is 5.32 Å². The summed E-state index contributed by atoms with van der Waals surface area (Å²) in [6, 6.07) is 0.261. The monoisotopic (exact) mass is 305 g/mol. The molecule has 0 amide bonds. The van der Waals surface area contributed by atoms with Gasteiger partial charge in [0, 0.05) is 25.2 Å². The zero-order valence-electron chi connectivity index (χ0n) is 13.3. The van der Waals surface area contributed by atoms with Crippen molar-refractivity contribution in [3.05, 3.63) is 0 Å². The molecule has 0 bridgehead atoms. The van der Waals surface area contributed by atoms with Gasteiger partial charge in [-0.1, -0.05) is 32.6 Å². The maximum atomic E-state index is 11.3. The molecule has 4 nitrogen and oxygen atoms in total. The summed E-state index contributed by atoms with van der Waals surface area (Å²) in [6.07, 6.45) is 10.0. The maximum Gasteiger partial charge on any atom is 0.147 e. The van der Waals surface area contributed by atoms with Crippen molar-refractivity contribution in [2.75, 3.05) is 25.7 Å². The minimum Gasteiger partial charge on any atom is -0.377 e. The lowest BCUT2D eigenvalue weighted by Gasteiger charge is -2.40. The van der Waals surface area contributed by atoms with E-state index in [2.05, 4.69) is 12.2 Å². The summed E-state index contributed by atoms with van der Waals surface area (Å²) in [7, 11) is -1.06. The number of hydrogen-bond donors (Lipinski definition) is 1. The average Bonchev–Trinajstić information content (AvgIpc) is 2.62. The summed E-state index contributed by atoms with van der Waals surface area (Å²) in [5.74, 6) is 0.273. The summed E-state index contributed by atoms with van der Waals surface area (Å²) in [5, 5.41) is 3.54. The lowest BCUT2D eigenvalue weighted by molar-refractivity contribution is -0.0545. The standard InChI is InChI=1S/C15H31NO3S/c1-4-16-14(10-9-13-20(3,17)18)15(19-2)11-7-5-6-8-12-15/h14,16H,4-13H2,1-3H3. The van der Waals surface area contributed by atoms with Crippen LogP contribution in [0.5, 0.6) is 0 Å². The number of rotatable bonds is 8. The van der Waals surface area contributed by atoms with Crippen molar-refractivity contribution >= 4 is 9.84 Å². The number of likely N-dealkylation sites (N-methyl/N-ethyl adjacent to an activating group) is 1. The summed E-state index contributed by atoms with van der Waals surface area (Å²) >= 11 is 0. The van der Waals surface area contributed by atoms with Crippen LogP contribution >= 0.6 is 0 Å². The maximum absolute atomic E-state index is 11.3. The normalized spacial score (nSPS) is 21.4. The zero-order chi connectivity index (χ0) is 15.1. The van der Waals surface area contributed by atoms with E-state index in [-0.39, 0.29) is 17.4 Å². The second kappa shape index (κ2) is 8.35. The first-order chi connectivity index (χ1) is 9.43. The molecule has 0 aliphatic heterocycles. The highest BCUT2D eigenvalue weighted by Crippen LogP contribution is 2.34. The van der Waals surface area contributed by atoms with Crippen LogP contribution in [0.4, 0.5) is 0 Å². The van der Waals surface area contributed by atoms with Gasteiger partial charge in [-0.15, -0.1) is 0 Å². The Morgan fingerprint density at radius 2 is 1.80 bits per heavy atom. The van der Waals surface area contributed by atoms with Gasteiger partial charge in [0.05, 0.1) is 5.60 Å². The molecule has 0 aromatic heterocycles. The topological polar surface area (TPSA) is 55.4 Å². The largest absolute Gasteiger partial charge is 0.377 e. The Labute approximate surface area is 124 Å². The van der Waals surface area contributed by atoms with Crippen LogP contribution in [-0.4, -0.2) is 45.7 Å². The number of sulfone groups is 1. The second-order valence-electron chi connectivity index (χ2n) is 6.07. The molecule has 0 heterocycles. The van der Waals surface area contributed by atoms with E-state index in [4.69, 9.17) is 4.74 Å². The zero-order valence-corrected chi connectivity index (χ0v) is 14.1. The molecular formula is C15H31NO3S. The molecule has 1 unspecified atom stereocenters. The number of ether oxygens (including phenoxy) is 1. The molecule has 1 rings (SSSR count). The molecule has 5 heteroatoms. The Hall–Kier alpha value is -0.130. The van der Waals surface area contributed by atoms with Gasteiger partial charge < -0.3 is 10.1 Å². The number of hydrogen-bond acceptors (Lipinski definition) is 4. The van der Waals surface area contributed by atoms with Crippen LogP contribution in [0.3, 0.4) is 0 Å². The van der Waals surface area contributed by atoms with Crippen molar-refractivity contribution in [3.8, 4) is 0 Å². The Kier molecular flexibility index (Phi) is 7.48. The molecule has 20 heavy (non-hydrogen) atoms. The summed E-state index contributed by atoms with van der Waals surface area (Å²) in [6.45, 7) is 3.00. The van der Waals surface area contributed by atoms with E-state index < -0.39 is 9.84 Å². The highest BCUT2D eigenvalue weighted by atomic mass is 32.2. The van der Waals surface area contributed by atoms with Crippen molar-refractivity contribution in [2.45, 2.75) is 69.9 Å². The first-order valence-electron chi connectivity index (χ1n) is 7.90. The van der Waals surface area contributed by atoms with Crippen LogP contribution in [0.25, 0.3) is 0 Å². The highest BCUT2D eigenvalue weighted by Gasteiger charge is 2.38. The number of methoxy groups -OCH3 is 1. The van der Waals surface area contributed by atoms with E-state index in [0.717, 1.165) is 25.8 Å². The minimum atomic E-state index is -2.87. The van der Waals surface area contributed by atoms with Crippen LogP contribution in [0.15, 0.2) is 0 Å². The smallest absolute Gasteiger partial charge is 0.147 e. The van der Waals surface area contributed by atoms with Gasteiger partial charge in [-0.05, 0) is 32.2 Å². The highest BCUT2D eigenvalue weighted by molar-refractivity contribution is 7.90. The van der Waals surface area contributed by atoms with E-state index in [1.54, 1.807) is 0 Å². The van der Waals surface area contributed by atoms with Gasteiger partial charge in [-0.2, -0.15) is 0 Å². The van der Waals surface area contributed by atoms with Gasteiger partial charge in [0.15, 0.2) is 0 Å². The molecule has 0 saturated heterocycles. The fourth-order valence-corrected chi connectivity index (χ4v) is 4.06. The van der Waals surface area contributed by atoms with Gasteiger partial charge in [0.25, 0.3) is 0 Å². The van der Waals surface area contributed by atoms with Gasteiger partial charge in [0.1, 0.15) is 9.84 Å². The Morgan fingerprint density at radius 3 is 2.25 bits per heavy atom. The van der Waals surface area contributed by atoms with Gasteiger partial charge in [0.2, 0.25) is 0 Å². The minimum absolute atomic E-state index is 0.107. The second-order valence-corrected chi connectivity index (χ2v) is 8.33. The van der Waals surface area contributed by atoms with Crippen molar-refractivity contribution in [3.63, 3.8) is 0 Å². The molecule has 1 saturated carbocycles.